The Hall–Kier alpha value is -3.15. The van der Waals surface area contributed by atoms with Crippen LogP contribution in [0.1, 0.15) is 45.7 Å². The van der Waals surface area contributed by atoms with Crippen molar-refractivity contribution in [1.29, 1.82) is 0 Å². The van der Waals surface area contributed by atoms with E-state index < -0.39 is 0 Å². The van der Waals surface area contributed by atoms with Gasteiger partial charge in [0.05, 0.1) is 11.1 Å². The Morgan fingerprint density at radius 3 is 2.44 bits per heavy atom. The maximum Gasteiger partial charge on any atom is 0.319 e. The number of anilines is 1. The van der Waals surface area contributed by atoms with Crippen LogP contribution in [0.4, 0.5) is 10.5 Å². The van der Waals surface area contributed by atoms with Gasteiger partial charge in [-0.15, -0.1) is 0 Å². The van der Waals surface area contributed by atoms with Crippen molar-refractivity contribution in [2.75, 3.05) is 11.9 Å². The number of carbonyl (C=O) groups is 3. The van der Waals surface area contributed by atoms with Crippen molar-refractivity contribution >= 4 is 23.5 Å². The monoisotopic (exact) mass is 365 g/mol. The average molecular weight is 365 g/mol. The van der Waals surface area contributed by atoms with E-state index in [1.165, 1.54) is 16.0 Å². The van der Waals surface area contributed by atoms with Crippen LogP contribution in [0, 0.1) is 6.92 Å². The minimum atomic E-state index is -0.346. The summed E-state index contributed by atoms with van der Waals surface area (Å²) >= 11 is 0. The van der Waals surface area contributed by atoms with E-state index in [1.54, 1.807) is 32.0 Å². The second-order valence-corrected chi connectivity index (χ2v) is 6.89. The fourth-order valence-corrected chi connectivity index (χ4v) is 3.18. The Morgan fingerprint density at radius 2 is 1.74 bits per heavy atom. The Morgan fingerprint density at radius 1 is 1.04 bits per heavy atom. The van der Waals surface area contributed by atoms with Gasteiger partial charge in [0.25, 0.3) is 11.8 Å². The molecule has 3 rings (SSSR count). The second-order valence-electron chi connectivity index (χ2n) is 6.89. The summed E-state index contributed by atoms with van der Waals surface area (Å²) in [6, 6.07) is 12.3. The zero-order valence-corrected chi connectivity index (χ0v) is 15.7. The molecule has 1 heterocycles. The first kappa shape index (κ1) is 18.6. The van der Waals surface area contributed by atoms with Gasteiger partial charge in [-0.05, 0) is 56.5 Å². The highest BCUT2D eigenvalue weighted by Crippen LogP contribution is 2.27. The summed E-state index contributed by atoms with van der Waals surface area (Å²) in [6.07, 6.45) is 0.737. The van der Waals surface area contributed by atoms with Gasteiger partial charge in [0.15, 0.2) is 0 Å². The maximum absolute atomic E-state index is 12.4. The highest BCUT2D eigenvalue weighted by atomic mass is 16.2. The summed E-state index contributed by atoms with van der Waals surface area (Å²) < 4.78 is 0. The number of imide groups is 1. The highest BCUT2D eigenvalue weighted by Gasteiger charge is 2.37. The van der Waals surface area contributed by atoms with E-state index >= 15 is 0 Å². The number of rotatable bonds is 5. The molecule has 140 valence electrons. The molecule has 4 amide bonds. The van der Waals surface area contributed by atoms with E-state index in [1.807, 2.05) is 31.2 Å². The molecule has 2 N–H and O–H groups in total. The van der Waals surface area contributed by atoms with Crippen LogP contribution in [0.3, 0.4) is 0 Å². The van der Waals surface area contributed by atoms with E-state index in [-0.39, 0.29) is 23.9 Å². The van der Waals surface area contributed by atoms with Gasteiger partial charge in [-0.3, -0.25) is 14.5 Å². The van der Waals surface area contributed by atoms with Crippen LogP contribution in [-0.4, -0.2) is 35.3 Å². The maximum atomic E-state index is 12.4. The number of carbonyl (C=O) groups excluding carboxylic acids is 3. The number of benzene rings is 2. The van der Waals surface area contributed by atoms with Gasteiger partial charge in [-0.1, -0.05) is 24.3 Å². The lowest BCUT2D eigenvalue weighted by Gasteiger charge is -2.17. The predicted octanol–water partition coefficient (Wildman–Crippen LogP) is 3.36. The fraction of sp³-hybridized carbons (Fsp3) is 0.286. The minimum Gasteiger partial charge on any atom is -0.338 e. The molecule has 0 saturated heterocycles. The van der Waals surface area contributed by atoms with Crippen LogP contribution in [0.15, 0.2) is 42.5 Å². The summed E-state index contributed by atoms with van der Waals surface area (Å²) in [6.45, 7) is 6.13. The first-order valence-electron chi connectivity index (χ1n) is 8.99. The van der Waals surface area contributed by atoms with E-state index in [0.717, 1.165) is 6.42 Å². The van der Waals surface area contributed by atoms with Gasteiger partial charge in [-0.2, -0.15) is 0 Å². The van der Waals surface area contributed by atoms with Crippen molar-refractivity contribution in [3.05, 3.63) is 64.7 Å². The molecule has 1 aliphatic rings. The lowest BCUT2D eigenvalue weighted by atomic mass is 10.1. The Balaban J connectivity index is 1.61. The molecule has 0 fully saturated rings. The van der Waals surface area contributed by atoms with Crippen LogP contribution >= 0.6 is 0 Å². The lowest BCUT2D eigenvalue weighted by Crippen LogP contribution is -2.35. The number of hydrogen-bond donors (Lipinski definition) is 2. The Bertz CT molecular complexity index is 905. The number of hydrogen-bond acceptors (Lipinski definition) is 3. The Labute approximate surface area is 158 Å². The topological polar surface area (TPSA) is 78.5 Å². The standard InChI is InChI=1S/C21H23N3O3/c1-13(2)24-19(25)17-9-8-16(12-18(17)20(24)26)23-21(27)22-11-10-15-7-5-4-6-14(15)3/h4-9,12-13H,10-11H2,1-3H3,(H2,22,23,27). The van der Waals surface area contributed by atoms with Crippen LogP contribution in [0.5, 0.6) is 0 Å². The molecule has 2 aromatic carbocycles. The average Bonchev–Trinajstić information content (AvgIpc) is 2.87. The quantitative estimate of drug-likeness (QED) is 0.798. The Kier molecular flexibility index (Phi) is 5.26. The molecule has 0 unspecified atom stereocenters. The number of nitrogens with zero attached hydrogens (tertiary/aromatic N) is 1. The van der Waals surface area contributed by atoms with E-state index in [2.05, 4.69) is 10.6 Å². The third kappa shape index (κ3) is 3.84. The zero-order chi connectivity index (χ0) is 19.6. The molecule has 0 radical (unpaired) electrons. The molecule has 0 spiro atoms. The molecule has 0 atom stereocenters. The van der Waals surface area contributed by atoms with Crippen molar-refractivity contribution in [2.45, 2.75) is 33.2 Å². The summed E-state index contributed by atoms with van der Waals surface area (Å²) in [4.78, 5) is 38.1. The van der Waals surface area contributed by atoms with Crippen LogP contribution in [-0.2, 0) is 6.42 Å². The van der Waals surface area contributed by atoms with Gasteiger partial charge in [0.1, 0.15) is 0 Å². The van der Waals surface area contributed by atoms with Crippen molar-refractivity contribution in [3.63, 3.8) is 0 Å². The first-order chi connectivity index (χ1) is 12.9. The summed E-state index contributed by atoms with van der Waals surface area (Å²) in [7, 11) is 0. The molecule has 6 heteroatoms. The molecular weight excluding hydrogens is 342 g/mol. The number of urea groups is 1. The van der Waals surface area contributed by atoms with Crippen molar-refractivity contribution in [1.82, 2.24) is 10.2 Å². The summed E-state index contributed by atoms with van der Waals surface area (Å²) in [5.41, 5.74) is 3.56. The van der Waals surface area contributed by atoms with Crippen LogP contribution in [0.25, 0.3) is 0 Å². The van der Waals surface area contributed by atoms with E-state index in [4.69, 9.17) is 0 Å². The van der Waals surface area contributed by atoms with Gasteiger partial charge >= 0.3 is 6.03 Å². The zero-order valence-electron chi connectivity index (χ0n) is 15.7. The normalized spacial score (nSPS) is 13.1. The number of fused-ring (bicyclic) bond motifs is 1. The van der Waals surface area contributed by atoms with E-state index in [9.17, 15) is 14.4 Å². The molecule has 0 aliphatic carbocycles. The van der Waals surface area contributed by atoms with E-state index in [0.29, 0.717) is 23.4 Å². The molecule has 27 heavy (non-hydrogen) atoms. The number of nitrogens with one attached hydrogen (secondary N) is 2. The minimum absolute atomic E-state index is 0.210. The van der Waals surface area contributed by atoms with Gasteiger partial charge in [0.2, 0.25) is 0 Å². The smallest absolute Gasteiger partial charge is 0.319 e. The number of amides is 4. The first-order valence-corrected chi connectivity index (χ1v) is 8.99. The lowest BCUT2D eigenvalue weighted by molar-refractivity contribution is 0.0609. The largest absolute Gasteiger partial charge is 0.338 e. The van der Waals surface area contributed by atoms with Gasteiger partial charge in [0, 0.05) is 18.3 Å². The molecule has 0 aromatic heterocycles. The second kappa shape index (κ2) is 7.61. The van der Waals surface area contributed by atoms with Crippen LogP contribution < -0.4 is 10.6 Å². The number of aryl methyl sites for hydroxylation is 1. The molecule has 6 nitrogen and oxygen atoms in total. The molecular formula is C21H23N3O3. The van der Waals surface area contributed by atoms with Crippen molar-refractivity contribution in [3.8, 4) is 0 Å². The SMILES string of the molecule is Cc1ccccc1CCNC(=O)Nc1ccc2c(c1)C(=O)N(C(C)C)C2=O. The third-order valence-electron chi connectivity index (χ3n) is 4.63. The van der Waals surface area contributed by atoms with Gasteiger partial charge < -0.3 is 10.6 Å². The molecule has 1 aliphatic heterocycles. The van der Waals surface area contributed by atoms with Crippen LogP contribution in [0.2, 0.25) is 0 Å². The van der Waals surface area contributed by atoms with Crippen molar-refractivity contribution < 1.29 is 14.4 Å². The third-order valence-corrected chi connectivity index (χ3v) is 4.63. The highest BCUT2D eigenvalue weighted by molar-refractivity contribution is 6.22. The molecule has 0 saturated carbocycles. The predicted molar refractivity (Wildman–Crippen MR) is 104 cm³/mol. The fourth-order valence-electron chi connectivity index (χ4n) is 3.18. The summed E-state index contributed by atoms with van der Waals surface area (Å²) in [5, 5.41) is 5.53. The summed E-state index contributed by atoms with van der Waals surface area (Å²) in [5.74, 6) is -0.618. The molecule has 0 bridgehead atoms. The van der Waals surface area contributed by atoms with Gasteiger partial charge in [-0.25, -0.2) is 4.79 Å². The van der Waals surface area contributed by atoms with Crippen molar-refractivity contribution in [2.24, 2.45) is 0 Å². The molecule has 2 aromatic rings.